The van der Waals surface area contributed by atoms with E-state index < -0.39 is 0 Å². The number of fused-ring (bicyclic) bond motifs is 2. The molecule has 2 unspecified atom stereocenters. The Morgan fingerprint density at radius 3 is 2.67 bits per heavy atom. The van der Waals surface area contributed by atoms with Gasteiger partial charge in [-0.3, -0.25) is 4.79 Å². The van der Waals surface area contributed by atoms with Crippen LogP contribution in [-0.4, -0.2) is 84.1 Å². The van der Waals surface area contributed by atoms with Crippen molar-refractivity contribution in [1.29, 1.82) is 0 Å². The average Bonchev–Trinajstić information content (AvgIpc) is 3.27. The van der Waals surface area contributed by atoms with Crippen molar-refractivity contribution < 1.29 is 18.7 Å². The molecule has 4 aliphatic rings. The molecule has 3 amide bonds. The number of halogens is 2. The van der Waals surface area contributed by atoms with Crippen LogP contribution in [0, 0.1) is 17.7 Å². The van der Waals surface area contributed by atoms with Crippen LogP contribution in [0.15, 0.2) is 23.1 Å². The molecule has 10 heteroatoms. The third kappa shape index (κ3) is 4.00. The summed E-state index contributed by atoms with van der Waals surface area (Å²) < 4.78 is 21.1. The van der Waals surface area contributed by atoms with Crippen LogP contribution < -0.4 is 5.32 Å². The third-order valence-electron chi connectivity index (χ3n) is 6.44. The third-order valence-corrected chi connectivity index (χ3v) is 7.97. The van der Waals surface area contributed by atoms with Gasteiger partial charge in [-0.05, 0) is 48.4 Å². The van der Waals surface area contributed by atoms with Crippen molar-refractivity contribution in [2.75, 3.05) is 45.9 Å². The highest BCUT2D eigenvalue weighted by molar-refractivity contribution is 7.97. The molecule has 162 valence electrons. The van der Waals surface area contributed by atoms with Crippen LogP contribution >= 0.6 is 23.5 Å². The van der Waals surface area contributed by atoms with Gasteiger partial charge >= 0.3 is 6.03 Å². The van der Waals surface area contributed by atoms with Gasteiger partial charge in [0.05, 0.1) is 17.2 Å². The predicted molar refractivity (Wildman–Crippen MR) is 111 cm³/mol. The quantitative estimate of drug-likeness (QED) is 0.693. The number of nitrogens with one attached hydrogen (secondary N) is 1. The molecule has 0 saturated carbocycles. The van der Waals surface area contributed by atoms with Crippen molar-refractivity contribution >= 4 is 35.5 Å². The number of ether oxygens (including phenoxy) is 1. The minimum absolute atomic E-state index is 0.00794. The monoisotopic (exact) mass is 454 g/mol. The Morgan fingerprint density at radius 1 is 1.17 bits per heavy atom. The van der Waals surface area contributed by atoms with E-state index in [1.807, 2.05) is 9.80 Å². The Hall–Kier alpha value is -1.55. The lowest BCUT2D eigenvalue weighted by Gasteiger charge is -2.42. The van der Waals surface area contributed by atoms with Crippen LogP contribution in [0.25, 0.3) is 0 Å². The van der Waals surface area contributed by atoms with Gasteiger partial charge in [0.15, 0.2) is 0 Å². The molecule has 4 saturated heterocycles. The summed E-state index contributed by atoms with van der Waals surface area (Å²) in [5, 5.41) is 3.38. The van der Waals surface area contributed by atoms with E-state index in [4.69, 9.17) is 16.3 Å². The lowest BCUT2D eigenvalue weighted by molar-refractivity contribution is -0.139. The summed E-state index contributed by atoms with van der Waals surface area (Å²) in [4.78, 5) is 29.3. The molecule has 4 atom stereocenters. The summed E-state index contributed by atoms with van der Waals surface area (Å²) in [5.74, 6) is 0.409. The molecule has 1 aromatic rings. The van der Waals surface area contributed by atoms with Gasteiger partial charge in [0.1, 0.15) is 12.4 Å². The topological polar surface area (TPSA) is 65.1 Å². The van der Waals surface area contributed by atoms with E-state index in [9.17, 15) is 14.0 Å². The summed E-state index contributed by atoms with van der Waals surface area (Å²) in [5.41, 5.74) is 0. The lowest BCUT2D eigenvalue weighted by atomic mass is 10.0. The van der Waals surface area contributed by atoms with Crippen LogP contribution in [0.1, 0.15) is 6.42 Å². The van der Waals surface area contributed by atoms with Crippen molar-refractivity contribution in [3.8, 4) is 0 Å². The van der Waals surface area contributed by atoms with Crippen molar-refractivity contribution in [2.24, 2.45) is 11.8 Å². The Morgan fingerprint density at radius 2 is 1.93 bits per heavy atom. The fourth-order valence-corrected chi connectivity index (χ4v) is 6.30. The number of amides is 3. The number of rotatable bonds is 2. The largest absolute Gasteiger partial charge is 0.366 e. The SMILES string of the molecule is O=C1CO[C@H]2CCN(C(=O)N3CC4CN(Sc5ccc(F)cc5Cl)CC4C3)C[C@H]2N1. The van der Waals surface area contributed by atoms with Gasteiger partial charge in [0.2, 0.25) is 5.91 Å². The number of morpholine rings is 1. The van der Waals surface area contributed by atoms with E-state index in [2.05, 4.69) is 9.62 Å². The van der Waals surface area contributed by atoms with Crippen molar-refractivity contribution in [1.82, 2.24) is 19.4 Å². The average molecular weight is 455 g/mol. The smallest absolute Gasteiger partial charge is 0.320 e. The summed E-state index contributed by atoms with van der Waals surface area (Å²) in [6.07, 6.45) is 0.758. The second-order valence-electron chi connectivity index (χ2n) is 8.48. The summed E-state index contributed by atoms with van der Waals surface area (Å²) in [6.45, 7) is 4.51. The van der Waals surface area contributed by atoms with Gasteiger partial charge in [-0.15, -0.1) is 0 Å². The fourth-order valence-electron chi connectivity index (χ4n) is 4.94. The maximum absolute atomic E-state index is 13.3. The van der Waals surface area contributed by atoms with Crippen molar-refractivity contribution in [3.05, 3.63) is 29.0 Å². The number of likely N-dealkylation sites (tertiary alicyclic amines) is 2. The summed E-state index contributed by atoms with van der Waals surface area (Å²) in [6, 6.07) is 4.42. The first kappa shape index (κ1) is 20.4. The molecule has 4 fully saturated rings. The molecular formula is C20H24ClFN4O3S. The number of hydrogen-bond acceptors (Lipinski definition) is 5. The maximum Gasteiger partial charge on any atom is 0.320 e. The molecule has 5 rings (SSSR count). The molecule has 1 aromatic carbocycles. The first-order valence-corrected chi connectivity index (χ1v) is 11.4. The minimum atomic E-state index is -0.333. The predicted octanol–water partition coefficient (Wildman–Crippen LogP) is 2.06. The number of benzene rings is 1. The standard InChI is InChI=1S/C20H24ClFN4O3S/c21-15-5-14(22)1-2-18(15)30-26-8-12-6-25(7-13(12)9-26)20(28)24-4-3-17-16(10-24)23-19(27)11-29-17/h1-2,5,12-13,16-17H,3-4,6-11H2,(H,23,27)/t12?,13?,16-,17+/m1/s1. The number of carbonyl (C=O) groups is 2. The Bertz CT molecular complexity index is 847. The molecule has 0 aromatic heterocycles. The van der Waals surface area contributed by atoms with E-state index in [-0.39, 0.29) is 36.5 Å². The molecule has 1 N–H and O–H groups in total. The lowest BCUT2D eigenvalue weighted by Crippen LogP contribution is -2.62. The van der Waals surface area contributed by atoms with Gasteiger partial charge in [0.25, 0.3) is 0 Å². The van der Waals surface area contributed by atoms with Gasteiger partial charge < -0.3 is 19.9 Å². The van der Waals surface area contributed by atoms with Crippen LogP contribution in [0.3, 0.4) is 0 Å². The second-order valence-corrected chi connectivity index (χ2v) is 10.0. The minimum Gasteiger partial charge on any atom is -0.366 e. The van der Waals surface area contributed by atoms with E-state index in [0.717, 1.165) is 37.5 Å². The van der Waals surface area contributed by atoms with Gasteiger partial charge in [-0.1, -0.05) is 11.6 Å². The van der Waals surface area contributed by atoms with Crippen molar-refractivity contribution in [2.45, 2.75) is 23.5 Å². The number of nitrogens with zero attached hydrogens (tertiary/aromatic N) is 3. The molecule has 0 bridgehead atoms. The molecule has 7 nitrogen and oxygen atoms in total. The zero-order valence-corrected chi connectivity index (χ0v) is 18.0. The highest BCUT2D eigenvalue weighted by Crippen LogP contribution is 2.39. The molecule has 30 heavy (non-hydrogen) atoms. The van der Waals surface area contributed by atoms with Crippen LogP contribution in [0.4, 0.5) is 9.18 Å². The van der Waals surface area contributed by atoms with Crippen LogP contribution in [0.5, 0.6) is 0 Å². The Labute approximate surface area is 184 Å². The zero-order chi connectivity index (χ0) is 20.8. The maximum atomic E-state index is 13.3. The highest BCUT2D eigenvalue weighted by atomic mass is 35.5. The highest BCUT2D eigenvalue weighted by Gasteiger charge is 2.44. The molecule has 0 spiro atoms. The van der Waals surface area contributed by atoms with E-state index in [0.29, 0.717) is 29.9 Å². The molecule has 0 aliphatic carbocycles. The molecule has 4 aliphatic heterocycles. The normalized spacial score (nSPS) is 31.5. The van der Waals surface area contributed by atoms with Crippen LogP contribution in [0.2, 0.25) is 5.02 Å². The molecular weight excluding hydrogens is 431 g/mol. The Kier molecular flexibility index (Phi) is 5.55. The Balaban J connectivity index is 1.15. The van der Waals surface area contributed by atoms with Crippen LogP contribution in [-0.2, 0) is 9.53 Å². The second kappa shape index (κ2) is 8.18. The van der Waals surface area contributed by atoms with Gasteiger partial charge in [0, 0.05) is 44.2 Å². The van der Waals surface area contributed by atoms with E-state index in [1.165, 1.54) is 12.1 Å². The summed E-state index contributed by atoms with van der Waals surface area (Å²) in [7, 11) is 0. The first-order valence-electron chi connectivity index (χ1n) is 10.3. The zero-order valence-electron chi connectivity index (χ0n) is 16.4. The van der Waals surface area contributed by atoms with Gasteiger partial charge in [-0.25, -0.2) is 13.5 Å². The number of hydrogen-bond donors (Lipinski definition) is 1. The fraction of sp³-hybridized carbons (Fsp3) is 0.600. The molecule has 4 heterocycles. The van der Waals surface area contributed by atoms with Crippen molar-refractivity contribution in [3.63, 3.8) is 0 Å². The summed E-state index contributed by atoms with van der Waals surface area (Å²) >= 11 is 7.72. The van der Waals surface area contributed by atoms with E-state index in [1.54, 1.807) is 18.0 Å². The number of carbonyl (C=O) groups excluding carboxylic acids is 2. The first-order chi connectivity index (χ1) is 14.5. The molecule has 0 radical (unpaired) electrons. The number of urea groups is 1. The van der Waals surface area contributed by atoms with Gasteiger partial charge in [-0.2, -0.15) is 0 Å². The van der Waals surface area contributed by atoms with E-state index >= 15 is 0 Å². The number of piperidine rings is 1.